The molecular weight excluding hydrogens is 532 g/mol. The normalized spacial score (nSPS) is 11.9. The quantitative estimate of drug-likeness (QED) is 0.258. The van der Waals surface area contributed by atoms with Gasteiger partial charge in [-0.05, 0) is 49.1 Å². The number of aryl methyl sites for hydroxylation is 1. The van der Waals surface area contributed by atoms with E-state index in [1.54, 1.807) is 42.1 Å². The molecule has 4 aromatic heterocycles. The van der Waals surface area contributed by atoms with Gasteiger partial charge in [0.25, 0.3) is 5.91 Å². The van der Waals surface area contributed by atoms with E-state index in [-0.39, 0.29) is 28.6 Å². The van der Waals surface area contributed by atoms with E-state index in [2.05, 4.69) is 20.5 Å². The van der Waals surface area contributed by atoms with Crippen LogP contribution in [-0.2, 0) is 12.7 Å². The Labute approximate surface area is 216 Å². The molecule has 1 N–H and O–H groups in total. The van der Waals surface area contributed by atoms with E-state index in [1.165, 1.54) is 29.5 Å². The zero-order valence-corrected chi connectivity index (χ0v) is 20.8. The van der Waals surface area contributed by atoms with Gasteiger partial charge < -0.3 is 5.32 Å². The van der Waals surface area contributed by atoms with Gasteiger partial charge in [0.15, 0.2) is 17.0 Å². The highest BCUT2D eigenvalue weighted by molar-refractivity contribution is 7.13. The molecule has 0 atom stereocenters. The van der Waals surface area contributed by atoms with Crippen molar-refractivity contribution in [3.63, 3.8) is 0 Å². The van der Waals surface area contributed by atoms with Crippen molar-refractivity contribution in [2.24, 2.45) is 0 Å². The van der Waals surface area contributed by atoms with Crippen LogP contribution in [0.1, 0.15) is 33.1 Å². The van der Waals surface area contributed by atoms with E-state index in [9.17, 15) is 22.4 Å². The number of aromatic nitrogens is 5. The smallest absolute Gasteiger partial charge is 0.317 e. The summed E-state index contributed by atoms with van der Waals surface area (Å²) < 4.78 is 57.0. The summed E-state index contributed by atoms with van der Waals surface area (Å²) in [5.74, 6) is -1.19. The first-order chi connectivity index (χ1) is 17.5. The highest BCUT2D eigenvalue weighted by Gasteiger charge is 2.36. The van der Waals surface area contributed by atoms with Crippen LogP contribution in [0.2, 0.25) is 5.02 Å². The van der Waals surface area contributed by atoms with Crippen molar-refractivity contribution in [1.82, 2.24) is 24.4 Å². The number of hydrogen-bond donors (Lipinski definition) is 1. The third-order valence-electron chi connectivity index (χ3n) is 5.68. The Kier molecular flexibility index (Phi) is 6.24. The second-order valence-corrected chi connectivity index (χ2v) is 9.55. The Morgan fingerprint density at radius 3 is 2.59 bits per heavy atom. The predicted octanol–water partition coefficient (Wildman–Crippen LogP) is 6.38. The second kappa shape index (κ2) is 9.27. The molecule has 0 unspecified atom stereocenters. The zero-order valence-electron chi connectivity index (χ0n) is 19.3. The van der Waals surface area contributed by atoms with Crippen LogP contribution in [0.25, 0.3) is 16.2 Å². The molecule has 0 aliphatic rings. The maximum absolute atomic E-state index is 13.8. The first-order valence-corrected chi connectivity index (χ1v) is 12.1. The molecule has 1 aromatic carbocycles. The van der Waals surface area contributed by atoms with Gasteiger partial charge in [-0.25, -0.2) is 13.9 Å². The number of fused-ring (bicyclic) bond motifs is 1. The molecule has 7 nitrogen and oxygen atoms in total. The number of hydrogen-bond acceptors (Lipinski definition) is 5. The molecule has 5 aromatic rings. The number of amides is 1. The van der Waals surface area contributed by atoms with E-state index >= 15 is 0 Å². The summed E-state index contributed by atoms with van der Waals surface area (Å²) >= 11 is 7.37. The molecule has 0 spiro atoms. The van der Waals surface area contributed by atoms with Crippen molar-refractivity contribution in [3.8, 4) is 10.6 Å². The van der Waals surface area contributed by atoms with Crippen LogP contribution in [-0.4, -0.2) is 30.3 Å². The Morgan fingerprint density at radius 2 is 1.92 bits per heavy atom. The van der Waals surface area contributed by atoms with Gasteiger partial charge in [0, 0.05) is 11.1 Å². The lowest BCUT2D eigenvalue weighted by molar-refractivity contribution is -0.142. The first kappa shape index (κ1) is 24.9. The second-order valence-electron chi connectivity index (χ2n) is 8.19. The Bertz CT molecular complexity index is 1640. The van der Waals surface area contributed by atoms with Crippen LogP contribution in [0.15, 0.2) is 47.8 Å². The molecule has 0 aliphatic carbocycles. The highest BCUT2D eigenvalue weighted by Crippen LogP contribution is 2.33. The minimum absolute atomic E-state index is 0.113. The number of thiophene rings is 1. The van der Waals surface area contributed by atoms with Gasteiger partial charge in [-0.3, -0.25) is 9.48 Å². The monoisotopic (exact) mass is 548 g/mol. The molecule has 190 valence electrons. The van der Waals surface area contributed by atoms with Gasteiger partial charge in [0.1, 0.15) is 5.82 Å². The molecule has 1 amide bonds. The van der Waals surface area contributed by atoms with E-state index in [0.717, 1.165) is 6.07 Å². The Morgan fingerprint density at radius 1 is 1.14 bits per heavy atom. The van der Waals surface area contributed by atoms with Crippen LogP contribution >= 0.6 is 22.9 Å². The number of nitrogens with zero attached hydrogens (tertiary/aromatic N) is 5. The van der Waals surface area contributed by atoms with Crippen LogP contribution < -0.4 is 5.32 Å². The van der Waals surface area contributed by atoms with Crippen molar-refractivity contribution in [2.75, 3.05) is 5.32 Å². The predicted molar refractivity (Wildman–Crippen MR) is 131 cm³/mol. The lowest BCUT2D eigenvalue weighted by atomic mass is 10.2. The van der Waals surface area contributed by atoms with Crippen LogP contribution in [0.3, 0.4) is 0 Å². The standard InChI is InChI=1S/C24H17ClF4N6OS/c1-12-22(13(2)34(32-12)11-14-5-6-15(26)8-16(14)25)31-23(36)18-10-21-30-17(19-4-3-7-37-19)9-20(24(27,28)29)35(21)33-18/h3-10H,11H2,1-2H3,(H,31,36). The first-order valence-electron chi connectivity index (χ1n) is 10.8. The molecule has 4 heterocycles. The van der Waals surface area contributed by atoms with Crippen molar-refractivity contribution in [1.29, 1.82) is 0 Å². The van der Waals surface area contributed by atoms with Gasteiger partial charge in [0.05, 0.1) is 34.2 Å². The van der Waals surface area contributed by atoms with E-state index < -0.39 is 23.6 Å². The molecule has 37 heavy (non-hydrogen) atoms. The highest BCUT2D eigenvalue weighted by atomic mass is 35.5. The number of carbonyl (C=O) groups is 1. The molecular formula is C24H17ClF4N6OS. The summed E-state index contributed by atoms with van der Waals surface area (Å²) in [4.78, 5) is 17.9. The fourth-order valence-corrected chi connectivity index (χ4v) is 4.77. The Balaban J connectivity index is 1.47. The van der Waals surface area contributed by atoms with Crippen molar-refractivity contribution in [2.45, 2.75) is 26.6 Å². The fraction of sp³-hybridized carbons (Fsp3) is 0.167. The third-order valence-corrected chi connectivity index (χ3v) is 6.92. The van der Waals surface area contributed by atoms with Gasteiger partial charge >= 0.3 is 6.18 Å². The fourth-order valence-electron chi connectivity index (χ4n) is 3.86. The lowest BCUT2D eigenvalue weighted by Gasteiger charge is -2.10. The molecule has 13 heteroatoms. The zero-order chi connectivity index (χ0) is 26.5. The molecule has 0 radical (unpaired) electrons. The molecule has 0 aliphatic heterocycles. The summed E-state index contributed by atoms with van der Waals surface area (Å²) in [6.07, 6.45) is -4.72. The number of nitrogens with one attached hydrogen (secondary N) is 1. The number of rotatable bonds is 5. The molecule has 5 rings (SSSR count). The van der Waals surface area contributed by atoms with Crippen LogP contribution in [0.4, 0.5) is 23.2 Å². The molecule has 0 bridgehead atoms. The van der Waals surface area contributed by atoms with Gasteiger partial charge in [0.2, 0.25) is 0 Å². The maximum atomic E-state index is 13.8. The molecule has 0 fully saturated rings. The van der Waals surface area contributed by atoms with E-state index in [1.807, 2.05) is 0 Å². The summed E-state index contributed by atoms with van der Waals surface area (Å²) in [6.45, 7) is 3.61. The molecule has 0 saturated carbocycles. The van der Waals surface area contributed by atoms with Crippen molar-refractivity contribution < 1.29 is 22.4 Å². The van der Waals surface area contributed by atoms with Crippen molar-refractivity contribution in [3.05, 3.63) is 87.0 Å². The minimum atomic E-state index is -4.72. The topological polar surface area (TPSA) is 77.1 Å². The number of alkyl halides is 3. The van der Waals surface area contributed by atoms with Gasteiger partial charge in [-0.2, -0.15) is 23.4 Å². The number of anilines is 1. The van der Waals surface area contributed by atoms with E-state index in [0.29, 0.717) is 32.0 Å². The average Bonchev–Trinajstić information content (AvgIpc) is 3.56. The summed E-state index contributed by atoms with van der Waals surface area (Å²) in [5.41, 5.74) is 0.784. The van der Waals surface area contributed by atoms with E-state index in [4.69, 9.17) is 11.6 Å². The van der Waals surface area contributed by atoms with Gasteiger partial charge in [-0.15, -0.1) is 11.3 Å². The van der Waals surface area contributed by atoms with Crippen LogP contribution in [0, 0.1) is 19.7 Å². The Hall–Kier alpha value is -3.77. The number of carbonyl (C=O) groups excluding carboxylic acids is 1. The SMILES string of the molecule is Cc1nn(Cc2ccc(F)cc2Cl)c(C)c1NC(=O)c1cc2nc(-c3cccs3)cc(C(F)(F)F)n2n1. The summed E-state index contributed by atoms with van der Waals surface area (Å²) in [6, 6.07) is 9.51. The van der Waals surface area contributed by atoms with Crippen LogP contribution in [0.5, 0.6) is 0 Å². The lowest BCUT2D eigenvalue weighted by Crippen LogP contribution is -2.16. The van der Waals surface area contributed by atoms with Gasteiger partial charge in [-0.1, -0.05) is 23.7 Å². The third kappa shape index (κ3) is 4.81. The average molecular weight is 549 g/mol. The number of halogens is 5. The largest absolute Gasteiger partial charge is 0.433 e. The summed E-state index contributed by atoms with van der Waals surface area (Å²) in [7, 11) is 0. The minimum Gasteiger partial charge on any atom is -0.317 e. The summed E-state index contributed by atoms with van der Waals surface area (Å²) in [5, 5.41) is 13.0. The molecule has 0 saturated heterocycles. The number of benzene rings is 1. The van der Waals surface area contributed by atoms with Crippen molar-refractivity contribution >= 4 is 40.2 Å². The maximum Gasteiger partial charge on any atom is 0.433 e.